The van der Waals surface area contributed by atoms with E-state index in [1.165, 1.54) is 12.1 Å². The standard InChI is InChI=1S/C12H9BrFN/c13-8-12-11(2-1-7-15-12)9-3-5-10(14)6-4-9/h1-7H,8H2. The van der Waals surface area contributed by atoms with Crippen LogP contribution in [0.2, 0.25) is 0 Å². The molecule has 0 fully saturated rings. The van der Waals surface area contributed by atoms with E-state index in [0.717, 1.165) is 16.8 Å². The van der Waals surface area contributed by atoms with Crippen molar-refractivity contribution in [2.75, 3.05) is 0 Å². The van der Waals surface area contributed by atoms with E-state index in [0.29, 0.717) is 5.33 Å². The van der Waals surface area contributed by atoms with Gasteiger partial charge in [0.2, 0.25) is 0 Å². The summed E-state index contributed by atoms with van der Waals surface area (Å²) in [5, 5.41) is 0.695. The normalized spacial score (nSPS) is 10.3. The van der Waals surface area contributed by atoms with Crippen molar-refractivity contribution in [1.82, 2.24) is 4.98 Å². The highest BCUT2D eigenvalue weighted by atomic mass is 79.9. The van der Waals surface area contributed by atoms with Crippen LogP contribution in [0.4, 0.5) is 4.39 Å². The third kappa shape index (κ3) is 2.23. The monoisotopic (exact) mass is 265 g/mol. The van der Waals surface area contributed by atoms with E-state index in [9.17, 15) is 4.39 Å². The molecule has 76 valence electrons. The molecule has 0 saturated heterocycles. The van der Waals surface area contributed by atoms with Gasteiger partial charge in [0.1, 0.15) is 5.82 Å². The summed E-state index contributed by atoms with van der Waals surface area (Å²) in [6.07, 6.45) is 1.75. The molecule has 0 bridgehead atoms. The molecule has 1 aromatic carbocycles. The highest BCUT2D eigenvalue weighted by molar-refractivity contribution is 9.08. The predicted octanol–water partition coefficient (Wildman–Crippen LogP) is 3.78. The van der Waals surface area contributed by atoms with E-state index in [1.807, 2.05) is 12.1 Å². The van der Waals surface area contributed by atoms with Crippen molar-refractivity contribution in [2.45, 2.75) is 5.33 Å². The number of alkyl halides is 1. The molecule has 2 aromatic rings. The van der Waals surface area contributed by atoms with Gasteiger partial charge in [-0.15, -0.1) is 0 Å². The average Bonchev–Trinajstić information content (AvgIpc) is 2.30. The fourth-order valence-electron chi connectivity index (χ4n) is 1.44. The van der Waals surface area contributed by atoms with Crippen LogP contribution in [-0.4, -0.2) is 4.98 Å². The Morgan fingerprint density at radius 1 is 1.13 bits per heavy atom. The van der Waals surface area contributed by atoms with Crippen LogP contribution in [0.1, 0.15) is 5.69 Å². The molecular formula is C12H9BrFN. The summed E-state index contributed by atoms with van der Waals surface area (Å²) in [4.78, 5) is 4.26. The van der Waals surface area contributed by atoms with Crippen LogP contribution < -0.4 is 0 Å². The second kappa shape index (κ2) is 4.53. The summed E-state index contributed by atoms with van der Waals surface area (Å²) in [6, 6.07) is 10.3. The lowest BCUT2D eigenvalue weighted by Crippen LogP contribution is -1.89. The molecule has 0 radical (unpaired) electrons. The first-order valence-electron chi connectivity index (χ1n) is 4.57. The van der Waals surface area contributed by atoms with Gasteiger partial charge in [0.15, 0.2) is 0 Å². The Bertz CT molecular complexity index is 453. The van der Waals surface area contributed by atoms with Crippen molar-refractivity contribution >= 4 is 15.9 Å². The maximum Gasteiger partial charge on any atom is 0.123 e. The summed E-state index contributed by atoms with van der Waals surface area (Å²) in [6.45, 7) is 0. The van der Waals surface area contributed by atoms with Gasteiger partial charge in [0.25, 0.3) is 0 Å². The zero-order chi connectivity index (χ0) is 10.7. The summed E-state index contributed by atoms with van der Waals surface area (Å²) in [5.74, 6) is -0.219. The number of hydrogen-bond donors (Lipinski definition) is 0. The van der Waals surface area contributed by atoms with Gasteiger partial charge in [-0.2, -0.15) is 0 Å². The van der Waals surface area contributed by atoms with Gasteiger partial charge in [0, 0.05) is 17.1 Å². The molecule has 0 atom stereocenters. The molecule has 2 rings (SSSR count). The smallest absolute Gasteiger partial charge is 0.123 e. The Morgan fingerprint density at radius 2 is 1.87 bits per heavy atom. The molecule has 1 aromatic heterocycles. The van der Waals surface area contributed by atoms with Crippen molar-refractivity contribution in [3.05, 3.63) is 54.1 Å². The van der Waals surface area contributed by atoms with E-state index >= 15 is 0 Å². The summed E-state index contributed by atoms with van der Waals surface area (Å²) >= 11 is 3.38. The van der Waals surface area contributed by atoms with Gasteiger partial charge in [-0.05, 0) is 23.8 Å². The fraction of sp³-hybridized carbons (Fsp3) is 0.0833. The van der Waals surface area contributed by atoms with Gasteiger partial charge < -0.3 is 0 Å². The third-order valence-corrected chi connectivity index (χ3v) is 2.70. The first kappa shape index (κ1) is 10.3. The lowest BCUT2D eigenvalue weighted by atomic mass is 10.1. The Morgan fingerprint density at radius 3 is 2.53 bits per heavy atom. The van der Waals surface area contributed by atoms with Crippen LogP contribution in [0, 0.1) is 5.82 Å². The molecule has 3 heteroatoms. The number of pyridine rings is 1. The van der Waals surface area contributed by atoms with E-state index < -0.39 is 0 Å². The largest absolute Gasteiger partial charge is 0.260 e. The number of halogens is 2. The van der Waals surface area contributed by atoms with Crippen LogP contribution >= 0.6 is 15.9 Å². The van der Waals surface area contributed by atoms with Crippen molar-refractivity contribution in [3.8, 4) is 11.1 Å². The Balaban J connectivity index is 2.49. The zero-order valence-corrected chi connectivity index (χ0v) is 9.54. The maximum absolute atomic E-state index is 12.8. The Hall–Kier alpha value is -1.22. The molecule has 0 amide bonds. The maximum atomic E-state index is 12.8. The van der Waals surface area contributed by atoms with E-state index in [4.69, 9.17) is 0 Å². The van der Waals surface area contributed by atoms with Crippen LogP contribution in [0.3, 0.4) is 0 Å². The Labute approximate surface area is 96.1 Å². The van der Waals surface area contributed by atoms with Crippen molar-refractivity contribution < 1.29 is 4.39 Å². The van der Waals surface area contributed by atoms with Crippen LogP contribution in [0.25, 0.3) is 11.1 Å². The molecular weight excluding hydrogens is 257 g/mol. The van der Waals surface area contributed by atoms with E-state index in [-0.39, 0.29) is 5.82 Å². The van der Waals surface area contributed by atoms with Crippen molar-refractivity contribution in [3.63, 3.8) is 0 Å². The zero-order valence-electron chi connectivity index (χ0n) is 7.95. The second-order valence-electron chi connectivity index (χ2n) is 3.14. The molecule has 0 saturated carbocycles. The molecule has 0 spiro atoms. The van der Waals surface area contributed by atoms with Gasteiger partial charge >= 0.3 is 0 Å². The molecule has 1 nitrogen and oxygen atoms in total. The highest BCUT2D eigenvalue weighted by Gasteiger charge is 2.04. The molecule has 0 unspecified atom stereocenters. The number of hydrogen-bond acceptors (Lipinski definition) is 1. The van der Waals surface area contributed by atoms with Crippen molar-refractivity contribution in [2.24, 2.45) is 0 Å². The summed E-state index contributed by atoms with van der Waals surface area (Å²) in [7, 11) is 0. The number of nitrogens with zero attached hydrogens (tertiary/aromatic N) is 1. The minimum atomic E-state index is -0.219. The lowest BCUT2D eigenvalue weighted by Gasteiger charge is -2.05. The highest BCUT2D eigenvalue weighted by Crippen LogP contribution is 2.23. The molecule has 15 heavy (non-hydrogen) atoms. The Kier molecular flexibility index (Phi) is 3.11. The topological polar surface area (TPSA) is 12.9 Å². The molecule has 0 N–H and O–H groups in total. The minimum Gasteiger partial charge on any atom is -0.260 e. The van der Waals surface area contributed by atoms with Gasteiger partial charge in [-0.1, -0.05) is 34.1 Å². The summed E-state index contributed by atoms with van der Waals surface area (Å²) < 4.78 is 12.8. The fourth-order valence-corrected chi connectivity index (χ4v) is 1.88. The van der Waals surface area contributed by atoms with Crippen LogP contribution in [0.15, 0.2) is 42.6 Å². The quantitative estimate of drug-likeness (QED) is 0.754. The third-order valence-electron chi connectivity index (χ3n) is 2.17. The molecule has 1 heterocycles. The first-order chi connectivity index (χ1) is 7.31. The van der Waals surface area contributed by atoms with Gasteiger partial charge in [-0.3, -0.25) is 4.98 Å². The minimum absolute atomic E-state index is 0.219. The van der Waals surface area contributed by atoms with E-state index in [1.54, 1.807) is 18.3 Å². The first-order valence-corrected chi connectivity index (χ1v) is 5.69. The van der Waals surface area contributed by atoms with Crippen LogP contribution in [-0.2, 0) is 5.33 Å². The molecule has 0 aliphatic heterocycles. The molecule has 0 aliphatic carbocycles. The van der Waals surface area contributed by atoms with E-state index in [2.05, 4.69) is 20.9 Å². The average molecular weight is 266 g/mol. The predicted molar refractivity (Wildman–Crippen MR) is 62.3 cm³/mol. The van der Waals surface area contributed by atoms with Crippen LogP contribution in [0.5, 0.6) is 0 Å². The number of benzene rings is 1. The van der Waals surface area contributed by atoms with Gasteiger partial charge in [-0.25, -0.2) is 4.39 Å². The SMILES string of the molecule is Fc1ccc(-c2cccnc2CBr)cc1. The lowest BCUT2D eigenvalue weighted by molar-refractivity contribution is 0.628. The summed E-state index contributed by atoms with van der Waals surface area (Å²) in [5.41, 5.74) is 2.98. The number of rotatable bonds is 2. The molecule has 0 aliphatic rings. The number of aromatic nitrogens is 1. The van der Waals surface area contributed by atoms with Crippen molar-refractivity contribution in [1.29, 1.82) is 0 Å². The second-order valence-corrected chi connectivity index (χ2v) is 3.70. The van der Waals surface area contributed by atoms with Gasteiger partial charge in [0.05, 0.1) is 5.69 Å².